The smallest absolute Gasteiger partial charge is 0.0793 e. The van der Waals surface area contributed by atoms with Crippen molar-refractivity contribution in [2.75, 3.05) is 0 Å². The van der Waals surface area contributed by atoms with Crippen LogP contribution in [0.1, 0.15) is 50.2 Å². The van der Waals surface area contributed by atoms with Gasteiger partial charge < -0.3 is 5.11 Å². The predicted octanol–water partition coefficient (Wildman–Crippen LogP) is 5.00. The third-order valence-electron chi connectivity index (χ3n) is 3.61. The summed E-state index contributed by atoms with van der Waals surface area (Å²) >= 11 is 11.8. The molecule has 17 heavy (non-hydrogen) atoms. The van der Waals surface area contributed by atoms with Gasteiger partial charge in [0.15, 0.2) is 0 Å². The van der Waals surface area contributed by atoms with E-state index in [1.807, 2.05) is 6.07 Å². The molecule has 1 unspecified atom stereocenters. The molecule has 1 saturated carbocycles. The third-order valence-corrected chi connectivity index (χ3v) is 4.35. The Balaban J connectivity index is 1.98. The van der Waals surface area contributed by atoms with Gasteiger partial charge in [0.05, 0.1) is 16.1 Å². The lowest BCUT2D eigenvalue weighted by atomic mass is 9.84. The normalized spacial score (nSPS) is 19.2. The fraction of sp³-hybridized carbons (Fsp3) is 0.571. The molecule has 0 heterocycles. The van der Waals surface area contributed by atoms with Gasteiger partial charge in [-0.3, -0.25) is 0 Å². The van der Waals surface area contributed by atoms with Crippen LogP contribution >= 0.6 is 23.2 Å². The second-order valence-corrected chi connectivity index (χ2v) is 5.74. The molecule has 1 fully saturated rings. The van der Waals surface area contributed by atoms with Gasteiger partial charge in [-0.1, -0.05) is 61.4 Å². The summed E-state index contributed by atoms with van der Waals surface area (Å²) in [6.45, 7) is 0. The quantitative estimate of drug-likeness (QED) is 0.821. The summed E-state index contributed by atoms with van der Waals surface area (Å²) in [5.74, 6) is 0.660. The lowest BCUT2D eigenvalue weighted by Crippen LogP contribution is -2.11. The van der Waals surface area contributed by atoms with Gasteiger partial charge in [-0.05, 0) is 30.0 Å². The van der Waals surface area contributed by atoms with Crippen LogP contribution in [0.4, 0.5) is 0 Å². The molecule has 1 atom stereocenters. The number of aliphatic hydroxyl groups excluding tert-OH is 1. The number of hydrogen-bond donors (Lipinski definition) is 1. The first-order chi connectivity index (χ1) is 8.16. The van der Waals surface area contributed by atoms with E-state index >= 15 is 0 Å². The number of halogens is 2. The van der Waals surface area contributed by atoms with Crippen molar-refractivity contribution in [2.45, 2.75) is 44.6 Å². The zero-order valence-corrected chi connectivity index (χ0v) is 11.3. The van der Waals surface area contributed by atoms with E-state index in [9.17, 15) is 5.11 Å². The van der Waals surface area contributed by atoms with E-state index in [0.29, 0.717) is 16.0 Å². The Kier molecular flexibility index (Phi) is 4.72. The summed E-state index contributed by atoms with van der Waals surface area (Å²) in [5.41, 5.74) is 0.880. The molecule has 94 valence electrons. The van der Waals surface area contributed by atoms with E-state index in [1.165, 1.54) is 32.1 Å². The summed E-state index contributed by atoms with van der Waals surface area (Å²) < 4.78 is 0. The zero-order chi connectivity index (χ0) is 12.3. The van der Waals surface area contributed by atoms with Gasteiger partial charge in [-0.2, -0.15) is 0 Å². The van der Waals surface area contributed by atoms with E-state index in [2.05, 4.69) is 0 Å². The maximum absolute atomic E-state index is 10.2. The van der Waals surface area contributed by atoms with E-state index in [1.54, 1.807) is 12.1 Å². The Morgan fingerprint density at radius 3 is 2.47 bits per heavy atom. The number of aliphatic hydroxyl groups is 1. The number of hydrogen-bond acceptors (Lipinski definition) is 1. The standard InChI is InChI=1S/C14H18Cl2O/c15-12-7-6-11(9-13(12)16)14(17)8-10-4-2-1-3-5-10/h6-7,9-10,14,17H,1-5,8H2. The summed E-state index contributed by atoms with van der Waals surface area (Å²) in [5, 5.41) is 11.2. The molecule has 1 N–H and O–H groups in total. The average molecular weight is 273 g/mol. The SMILES string of the molecule is OC(CC1CCCCC1)c1ccc(Cl)c(Cl)c1. The van der Waals surface area contributed by atoms with Crippen molar-refractivity contribution < 1.29 is 5.11 Å². The Hall–Kier alpha value is -0.240. The summed E-state index contributed by atoms with van der Waals surface area (Å²) in [4.78, 5) is 0. The highest BCUT2D eigenvalue weighted by Gasteiger charge is 2.18. The minimum atomic E-state index is -0.409. The molecule has 1 aromatic carbocycles. The summed E-state index contributed by atoms with van der Waals surface area (Å²) in [6, 6.07) is 5.39. The molecule has 0 radical (unpaired) electrons. The Bertz CT molecular complexity index is 372. The minimum Gasteiger partial charge on any atom is -0.388 e. The zero-order valence-electron chi connectivity index (χ0n) is 9.83. The van der Waals surface area contributed by atoms with Crippen molar-refractivity contribution >= 4 is 23.2 Å². The van der Waals surface area contributed by atoms with Crippen LogP contribution < -0.4 is 0 Å². The highest BCUT2D eigenvalue weighted by Crippen LogP contribution is 2.33. The van der Waals surface area contributed by atoms with E-state index in [-0.39, 0.29) is 0 Å². The van der Waals surface area contributed by atoms with Crippen LogP contribution in [0.15, 0.2) is 18.2 Å². The molecule has 0 amide bonds. The second-order valence-electron chi connectivity index (χ2n) is 4.93. The molecule has 1 aliphatic rings. The van der Waals surface area contributed by atoms with Gasteiger partial charge in [0.1, 0.15) is 0 Å². The van der Waals surface area contributed by atoms with Crippen molar-refractivity contribution in [3.63, 3.8) is 0 Å². The molecule has 3 heteroatoms. The van der Waals surface area contributed by atoms with Crippen molar-refractivity contribution in [1.82, 2.24) is 0 Å². The molecule has 1 nitrogen and oxygen atoms in total. The fourth-order valence-corrected chi connectivity index (χ4v) is 2.90. The van der Waals surface area contributed by atoms with Crippen molar-refractivity contribution in [3.05, 3.63) is 33.8 Å². The highest BCUT2D eigenvalue weighted by atomic mass is 35.5. The van der Waals surface area contributed by atoms with Crippen LogP contribution in [0.3, 0.4) is 0 Å². The molecule has 0 saturated heterocycles. The van der Waals surface area contributed by atoms with Crippen LogP contribution in [-0.4, -0.2) is 5.11 Å². The maximum Gasteiger partial charge on any atom is 0.0793 e. The Morgan fingerprint density at radius 2 is 1.82 bits per heavy atom. The first-order valence-electron chi connectivity index (χ1n) is 6.30. The summed E-state index contributed by atoms with van der Waals surface area (Å²) in [7, 11) is 0. The first kappa shape index (κ1) is 13.2. The van der Waals surface area contributed by atoms with Gasteiger partial charge >= 0.3 is 0 Å². The lowest BCUT2D eigenvalue weighted by molar-refractivity contribution is 0.131. The molecule has 0 aromatic heterocycles. The predicted molar refractivity (Wildman–Crippen MR) is 72.6 cm³/mol. The van der Waals surface area contributed by atoms with Crippen LogP contribution in [0.5, 0.6) is 0 Å². The van der Waals surface area contributed by atoms with Crippen LogP contribution in [0.25, 0.3) is 0 Å². The molecule has 0 aliphatic heterocycles. The maximum atomic E-state index is 10.2. The van der Waals surface area contributed by atoms with E-state index in [4.69, 9.17) is 23.2 Å². The van der Waals surface area contributed by atoms with Crippen molar-refractivity contribution in [1.29, 1.82) is 0 Å². The molecule has 1 aliphatic carbocycles. The van der Waals surface area contributed by atoms with Crippen LogP contribution in [-0.2, 0) is 0 Å². The third kappa shape index (κ3) is 3.61. The van der Waals surface area contributed by atoms with Crippen molar-refractivity contribution in [2.24, 2.45) is 5.92 Å². The van der Waals surface area contributed by atoms with Crippen LogP contribution in [0, 0.1) is 5.92 Å². The van der Waals surface area contributed by atoms with Gasteiger partial charge in [-0.25, -0.2) is 0 Å². The topological polar surface area (TPSA) is 20.2 Å². The molecule has 0 spiro atoms. The Labute approximate surface area is 113 Å². The molecular formula is C14H18Cl2O. The fourth-order valence-electron chi connectivity index (χ4n) is 2.59. The van der Waals surface area contributed by atoms with Gasteiger partial charge in [0.2, 0.25) is 0 Å². The van der Waals surface area contributed by atoms with Gasteiger partial charge in [0.25, 0.3) is 0 Å². The van der Waals surface area contributed by atoms with Crippen LogP contribution in [0.2, 0.25) is 10.0 Å². The monoisotopic (exact) mass is 272 g/mol. The van der Waals surface area contributed by atoms with E-state index in [0.717, 1.165) is 12.0 Å². The molecule has 1 aromatic rings. The molecule has 0 bridgehead atoms. The second kappa shape index (κ2) is 6.08. The number of rotatable bonds is 3. The largest absolute Gasteiger partial charge is 0.388 e. The minimum absolute atomic E-state index is 0.409. The number of benzene rings is 1. The molecular weight excluding hydrogens is 255 g/mol. The molecule has 2 rings (SSSR count). The lowest BCUT2D eigenvalue weighted by Gasteiger charge is -2.24. The Morgan fingerprint density at radius 1 is 1.12 bits per heavy atom. The average Bonchev–Trinajstić information content (AvgIpc) is 2.34. The highest BCUT2D eigenvalue weighted by molar-refractivity contribution is 6.42. The van der Waals surface area contributed by atoms with E-state index < -0.39 is 6.10 Å². The first-order valence-corrected chi connectivity index (χ1v) is 7.05. The van der Waals surface area contributed by atoms with Crippen molar-refractivity contribution in [3.8, 4) is 0 Å². The summed E-state index contributed by atoms with van der Waals surface area (Å²) in [6.07, 6.45) is 6.89. The van der Waals surface area contributed by atoms with Gasteiger partial charge in [-0.15, -0.1) is 0 Å². The van der Waals surface area contributed by atoms with Gasteiger partial charge in [0, 0.05) is 0 Å².